The van der Waals surface area contributed by atoms with E-state index < -0.39 is 0 Å². The summed E-state index contributed by atoms with van der Waals surface area (Å²) < 4.78 is 1.11. The third-order valence-corrected chi connectivity index (χ3v) is 5.34. The largest absolute Gasteiger partial charge is 0.326 e. The number of carbonyl (C=O) groups excluding carboxylic acids is 2. The van der Waals surface area contributed by atoms with E-state index in [1.54, 1.807) is 24.3 Å². The Labute approximate surface area is 157 Å². The third kappa shape index (κ3) is 4.11. The van der Waals surface area contributed by atoms with E-state index in [1.165, 1.54) is 11.3 Å². The molecular weight excluding hydrogens is 344 g/mol. The predicted molar refractivity (Wildman–Crippen MR) is 109 cm³/mol. The third-order valence-electron chi connectivity index (χ3n) is 4.07. The van der Waals surface area contributed by atoms with Crippen LogP contribution in [-0.2, 0) is 4.79 Å². The van der Waals surface area contributed by atoms with Crippen LogP contribution in [-0.4, -0.2) is 11.8 Å². The molecule has 0 radical (unpaired) electrons. The van der Waals surface area contributed by atoms with Gasteiger partial charge in [0.15, 0.2) is 0 Å². The van der Waals surface area contributed by atoms with Crippen molar-refractivity contribution in [1.82, 2.24) is 0 Å². The van der Waals surface area contributed by atoms with Gasteiger partial charge in [0.25, 0.3) is 5.91 Å². The molecule has 134 valence electrons. The van der Waals surface area contributed by atoms with Crippen molar-refractivity contribution in [3.05, 3.63) is 59.0 Å². The molecule has 2 amide bonds. The van der Waals surface area contributed by atoms with Crippen molar-refractivity contribution in [2.45, 2.75) is 27.2 Å². The van der Waals surface area contributed by atoms with Crippen molar-refractivity contribution < 1.29 is 9.59 Å². The van der Waals surface area contributed by atoms with Gasteiger partial charge in [-0.25, -0.2) is 0 Å². The fraction of sp³-hybridized carbons (Fsp3) is 0.238. The first kappa shape index (κ1) is 18.1. The highest BCUT2D eigenvalue weighted by atomic mass is 32.1. The number of hydrogen-bond donors (Lipinski definition) is 2. The molecule has 26 heavy (non-hydrogen) atoms. The Morgan fingerprint density at radius 3 is 2.19 bits per heavy atom. The van der Waals surface area contributed by atoms with Crippen LogP contribution in [0.3, 0.4) is 0 Å². The van der Waals surface area contributed by atoms with Crippen LogP contribution in [0.1, 0.15) is 35.5 Å². The first-order chi connectivity index (χ1) is 12.4. The van der Waals surface area contributed by atoms with E-state index in [9.17, 15) is 9.59 Å². The number of thiophene rings is 1. The summed E-state index contributed by atoms with van der Waals surface area (Å²) in [6.07, 6.45) is 0.490. The topological polar surface area (TPSA) is 58.2 Å². The molecule has 3 aromatic rings. The molecule has 2 N–H and O–H groups in total. The molecule has 0 unspecified atom stereocenters. The molecule has 0 saturated carbocycles. The molecule has 0 saturated heterocycles. The van der Waals surface area contributed by atoms with Gasteiger partial charge in [-0.3, -0.25) is 9.59 Å². The maximum atomic E-state index is 12.6. The standard InChI is InChI=1S/C21H22N2O2S/c1-13(2)12-19(24)22-15-8-10-16(11-9-15)23-21(25)20-14(3)17-6-4-5-7-18(17)26-20/h4-11,13H,12H2,1-3H3,(H,22,24)(H,23,25). The molecule has 0 bridgehead atoms. The van der Waals surface area contributed by atoms with E-state index in [4.69, 9.17) is 0 Å². The van der Waals surface area contributed by atoms with Crippen LogP contribution in [0, 0.1) is 12.8 Å². The average Bonchev–Trinajstić information content (AvgIpc) is 2.93. The molecular formula is C21H22N2O2S. The van der Waals surface area contributed by atoms with E-state index in [-0.39, 0.29) is 11.8 Å². The van der Waals surface area contributed by atoms with Gasteiger partial charge in [-0.15, -0.1) is 11.3 Å². The minimum atomic E-state index is -0.111. The number of carbonyl (C=O) groups is 2. The Balaban J connectivity index is 1.69. The monoisotopic (exact) mass is 366 g/mol. The number of anilines is 2. The van der Waals surface area contributed by atoms with Crippen LogP contribution < -0.4 is 10.6 Å². The highest BCUT2D eigenvalue weighted by Crippen LogP contribution is 2.31. The van der Waals surface area contributed by atoms with Crippen LogP contribution in [0.5, 0.6) is 0 Å². The van der Waals surface area contributed by atoms with Crippen molar-refractivity contribution in [2.75, 3.05) is 10.6 Å². The van der Waals surface area contributed by atoms with Gasteiger partial charge in [0.2, 0.25) is 5.91 Å². The molecule has 0 aliphatic carbocycles. The minimum absolute atomic E-state index is 0.00214. The molecule has 5 heteroatoms. The number of fused-ring (bicyclic) bond motifs is 1. The van der Waals surface area contributed by atoms with E-state index in [2.05, 4.69) is 10.6 Å². The second-order valence-electron chi connectivity index (χ2n) is 6.73. The fourth-order valence-corrected chi connectivity index (χ4v) is 3.90. The number of aryl methyl sites for hydroxylation is 1. The molecule has 0 spiro atoms. The summed E-state index contributed by atoms with van der Waals surface area (Å²) in [6, 6.07) is 15.2. The van der Waals surface area contributed by atoms with Crippen LogP contribution >= 0.6 is 11.3 Å². The number of amides is 2. The highest BCUT2D eigenvalue weighted by Gasteiger charge is 2.15. The number of nitrogens with one attached hydrogen (secondary N) is 2. The normalized spacial score (nSPS) is 10.9. The summed E-state index contributed by atoms with van der Waals surface area (Å²) in [4.78, 5) is 25.2. The summed E-state index contributed by atoms with van der Waals surface area (Å²) in [5, 5.41) is 6.91. The van der Waals surface area contributed by atoms with Crippen molar-refractivity contribution in [2.24, 2.45) is 5.92 Å². The summed E-state index contributed by atoms with van der Waals surface area (Å²) in [7, 11) is 0. The summed E-state index contributed by atoms with van der Waals surface area (Å²) in [6.45, 7) is 5.99. The van der Waals surface area contributed by atoms with Crippen molar-refractivity contribution in [3.8, 4) is 0 Å². The first-order valence-electron chi connectivity index (χ1n) is 8.63. The quantitative estimate of drug-likeness (QED) is 0.631. The van der Waals surface area contributed by atoms with Crippen molar-refractivity contribution in [1.29, 1.82) is 0 Å². The molecule has 2 aromatic carbocycles. The molecule has 4 nitrogen and oxygen atoms in total. The molecule has 1 heterocycles. The summed E-state index contributed by atoms with van der Waals surface area (Å²) in [5.74, 6) is 0.205. The lowest BCUT2D eigenvalue weighted by molar-refractivity contribution is -0.116. The Bertz CT molecular complexity index is 942. The molecule has 0 aliphatic heterocycles. The first-order valence-corrected chi connectivity index (χ1v) is 9.45. The SMILES string of the molecule is Cc1c(C(=O)Nc2ccc(NC(=O)CC(C)C)cc2)sc2ccccc12. The van der Waals surface area contributed by atoms with Crippen molar-refractivity contribution >= 4 is 44.6 Å². The lowest BCUT2D eigenvalue weighted by atomic mass is 10.1. The van der Waals surface area contributed by atoms with Gasteiger partial charge in [0.1, 0.15) is 0 Å². The zero-order chi connectivity index (χ0) is 18.7. The van der Waals surface area contributed by atoms with Crippen molar-refractivity contribution in [3.63, 3.8) is 0 Å². The zero-order valence-corrected chi connectivity index (χ0v) is 15.9. The number of hydrogen-bond acceptors (Lipinski definition) is 3. The maximum absolute atomic E-state index is 12.6. The van der Waals surface area contributed by atoms with Crippen LogP contribution in [0.15, 0.2) is 48.5 Å². The molecule has 0 aliphatic rings. The lowest BCUT2D eigenvalue weighted by Gasteiger charge is -2.09. The van der Waals surface area contributed by atoms with E-state index >= 15 is 0 Å². The Kier molecular flexibility index (Phi) is 5.38. The van der Waals surface area contributed by atoms with Gasteiger partial charge in [-0.1, -0.05) is 32.0 Å². The average molecular weight is 366 g/mol. The summed E-state index contributed by atoms with van der Waals surface area (Å²) in [5.41, 5.74) is 2.43. The second kappa shape index (κ2) is 7.70. The molecule has 3 rings (SSSR count). The Hall–Kier alpha value is -2.66. The minimum Gasteiger partial charge on any atom is -0.326 e. The predicted octanol–water partition coefficient (Wildman–Crippen LogP) is 5.45. The van der Waals surface area contributed by atoms with E-state index in [0.29, 0.717) is 18.0 Å². The van der Waals surface area contributed by atoms with Gasteiger partial charge in [-0.2, -0.15) is 0 Å². The Morgan fingerprint density at radius 1 is 0.962 bits per heavy atom. The number of rotatable bonds is 5. The van der Waals surface area contributed by atoms with Gasteiger partial charge in [-0.05, 0) is 54.1 Å². The molecule has 0 atom stereocenters. The lowest BCUT2D eigenvalue weighted by Crippen LogP contribution is -2.14. The Morgan fingerprint density at radius 2 is 1.58 bits per heavy atom. The van der Waals surface area contributed by atoms with Gasteiger partial charge in [0, 0.05) is 22.5 Å². The molecule has 0 fully saturated rings. The molecule has 1 aromatic heterocycles. The maximum Gasteiger partial charge on any atom is 0.266 e. The van der Waals surface area contributed by atoms with Gasteiger partial charge < -0.3 is 10.6 Å². The highest BCUT2D eigenvalue weighted by molar-refractivity contribution is 7.21. The van der Waals surface area contributed by atoms with E-state index in [0.717, 1.165) is 26.2 Å². The van der Waals surface area contributed by atoms with Crippen LogP contribution in [0.25, 0.3) is 10.1 Å². The van der Waals surface area contributed by atoms with E-state index in [1.807, 2.05) is 45.0 Å². The van der Waals surface area contributed by atoms with Crippen LogP contribution in [0.4, 0.5) is 11.4 Å². The van der Waals surface area contributed by atoms with Gasteiger partial charge >= 0.3 is 0 Å². The second-order valence-corrected chi connectivity index (χ2v) is 7.78. The zero-order valence-electron chi connectivity index (χ0n) is 15.1. The summed E-state index contributed by atoms with van der Waals surface area (Å²) >= 11 is 1.50. The number of benzene rings is 2. The smallest absolute Gasteiger partial charge is 0.266 e. The van der Waals surface area contributed by atoms with Crippen LogP contribution in [0.2, 0.25) is 0 Å². The van der Waals surface area contributed by atoms with Gasteiger partial charge in [0.05, 0.1) is 4.88 Å². The fourth-order valence-electron chi connectivity index (χ4n) is 2.80.